The zero-order valence-electron chi connectivity index (χ0n) is 17.8. The van der Waals surface area contributed by atoms with Gasteiger partial charge in [-0.2, -0.15) is 5.10 Å². The van der Waals surface area contributed by atoms with Gasteiger partial charge in [-0.05, 0) is 57.4 Å². The summed E-state index contributed by atoms with van der Waals surface area (Å²) >= 11 is 6.03. The van der Waals surface area contributed by atoms with Crippen molar-refractivity contribution >= 4 is 28.8 Å². The molecule has 0 N–H and O–H groups in total. The molecule has 4 heterocycles. The molecule has 1 saturated carbocycles. The van der Waals surface area contributed by atoms with E-state index in [-0.39, 0.29) is 11.9 Å². The minimum Gasteiger partial charge on any atom is -0.294 e. The van der Waals surface area contributed by atoms with Gasteiger partial charge in [-0.15, -0.1) is 10.2 Å². The van der Waals surface area contributed by atoms with Crippen molar-refractivity contribution in [3.05, 3.63) is 75.2 Å². The smallest absolute Gasteiger partial charge is 0.277 e. The molecule has 4 aromatic rings. The van der Waals surface area contributed by atoms with Gasteiger partial charge in [0.15, 0.2) is 5.65 Å². The largest absolute Gasteiger partial charge is 0.294 e. The Kier molecular flexibility index (Phi) is 4.02. The van der Waals surface area contributed by atoms with Crippen LogP contribution in [0.5, 0.6) is 0 Å². The number of benzene rings is 1. The Morgan fingerprint density at radius 2 is 1.91 bits per heavy atom. The molecule has 1 fully saturated rings. The first-order chi connectivity index (χ1) is 15.3. The van der Waals surface area contributed by atoms with Crippen LogP contribution in [0.4, 0.5) is 10.1 Å². The number of hydrogen-bond acceptors (Lipinski definition) is 4. The molecule has 7 nitrogen and oxygen atoms in total. The number of hydrogen-bond donors (Lipinski definition) is 0. The minimum absolute atomic E-state index is 0.184. The summed E-state index contributed by atoms with van der Waals surface area (Å²) in [5.41, 5.74) is 4.68. The quantitative estimate of drug-likeness (QED) is 0.452. The molecule has 162 valence electrons. The van der Waals surface area contributed by atoms with Crippen LogP contribution >= 0.6 is 11.6 Å². The molecule has 6 rings (SSSR count). The Balaban J connectivity index is 1.62. The third-order valence-electron chi connectivity index (χ3n) is 6.36. The molecule has 1 atom stereocenters. The monoisotopic (exact) mass is 450 g/mol. The van der Waals surface area contributed by atoms with Crippen LogP contribution in [-0.2, 0) is 0 Å². The Morgan fingerprint density at radius 3 is 2.62 bits per heavy atom. The lowest BCUT2D eigenvalue weighted by atomic mass is 9.98. The van der Waals surface area contributed by atoms with Gasteiger partial charge in [0, 0.05) is 22.3 Å². The van der Waals surface area contributed by atoms with Gasteiger partial charge >= 0.3 is 0 Å². The highest BCUT2D eigenvalue weighted by atomic mass is 35.5. The number of fused-ring (bicyclic) bond motifs is 2. The number of anilines is 1. The summed E-state index contributed by atoms with van der Waals surface area (Å²) < 4.78 is 18.9. The summed E-state index contributed by atoms with van der Waals surface area (Å²) in [5, 5.41) is 13.3. The molecule has 1 aliphatic heterocycles. The molecule has 2 aliphatic rings. The highest BCUT2D eigenvalue weighted by Gasteiger charge is 2.46. The lowest BCUT2D eigenvalue weighted by Gasteiger charge is -2.27. The van der Waals surface area contributed by atoms with Gasteiger partial charge < -0.3 is 0 Å². The average Bonchev–Trinajstić information content (AvgIpc) is 3.35. The van der Waals surface area contributed by atoms with Crippen molar-refractivity contribution < 1.29 is 9.18 Å². The van der Waals surface area contributed by atoms with Crippen molar-refractivity contribution in [3.63, 3.8) is 0 Å². The van der Waals surface area contributed by atoms with E-state index in [0.717, 1.165) is 35.3 Å². The highest BCUT2D eigenvalue weighted by Crippen LogP contribution is 2.47. The van der Waals surface area contributed by atoms with Crippen molar-refractivity contribution in [1.82, 2.24) is 24.4 Å². The van der Waals surface area contributed by atoms with E-state index in [1.165, 1.54) is 6.07 Å². The summed E-state index contributed by atoms with van der Waals surface area (Å²) in [7, 11) is 0. The molecule has 1 amide bonds. The van der Waals surface area contributed by atoms with Crippen LogP contribution in [0.3, 0.4) is 0 Å². The summed E-state index contributed by atoms with van der Waals surface area (Å²) in [6, 6.07) is 6.08. The van der Waals surface area contributed by atoms with Crippen LogP contribution < -0.4 is 4.90 Å². The molecule has 32 heavy (non-hydrogen) atoms. The lowest BCUT2D eigenvalue weighted by Crippen LogP contribution is -2.31. The van der Waals surface area contributed by atoms with Crippen molar-refractivity contribution in [2.24, 2.45) is 0 Å². The molecule has 0 unspecified atom stereocenters. The molecule has 1 aromatic carbocycles. The van der Waals surface area contributed by atoms with E-state index < -0.39 is 11.9 Å². The Hall–Kier alpha value is -3.26. The topological polar surface area (TPSA) is 68.3 Å². The molecule has 0 saturated heterocycles. The van der Waals surface area contributed by atoms with Crippen LogP contribution in [0.1, 0.15) is 63.6 Å². The third-order valence-corrected chi connectivity index (χ3v) is 6.59. The molecule has 1 aliphatic carbocycles. The number of aryl methyl sites for hydroxylation is 3. The van der Waals surface area contributed by atoms with E-state index in [2.05, 4.69) is 15.3 Å². The van der Waals surface area contributed by atoms with Gasteiger partial charge in [0.05, 0.1) is 23.5 Å². The van der Waals surface area contributed by atoms with Crippen molar-refractivity contribution in [1.29, 1.82) is 0 Å². The number of halogens is 2. The fourth-order valence-corrected chi connectivity index (χ4v) is 4.87. The van der Waals surface area contributed by atoms with Crippen molar-refractivity contribution in [2.75, 3.05) is 4.90 Å². The SMILES string of the molecule is Cc1nn(C2CC2)c2c1[C@H](c1ccc(Cl)cc1F)N(c1cc(C)c3nnc(C)n3c1)C2=O. The number of pyridine rings is 1. The van der Waals surface area contributed by atoms with Gasteiger partial charge in [-0.1, -0.05) is 17.7 Å². The van der Waals surface area contributed by atoms with E-state index in [1.807, 2.05) is 42.1 Å². The molecule has 9 heteroatoms. The van der Waals surface area contributed by atoms with Gasteiger partial charge in [-0.3, -0.25) is 18.8 Å². The number of amides is 1. The fraction of sp³-hybridized carbons (Fsp3) is 0.304. The molecular formula is C23H20ClFN6O. The van der Waals surface area contributed by atoms with E-state index in [4.69, 9.17) is 11.6 Å². The maximum absolute atomic E-state index is 15.2. The average molecular weight is 451 g/mol. The molecule has 0 bridgehead atoms. The standard InChI is InChI=1S/C23H20ClFN6O/c1-11-8-16(10-29-13(3)26-27-22(11)29)30-20(17-7-4-14(24)9-18(17)25)19-12(2)28-31(15-5-6-15)21(19)23(30)32/h4,7-10,15,20H,5-6H2,1-3H3/t20-/m0/s1. The molecule has 3 aromatic heterocycles. The van der Waals surface area contributed by atoms with Crippen LogP contribution in [0.15, 0.2) is 30.5 Å². The molecule has 0 radical (unpaired) electrons. The summed E-state index contributed by atoms with van der Waals surface area (Å²) in [6.45, 7) is 5.67. The van der Waals surface area contributed by atoms with Crippen molar-refractivity contribution in [2.45, 2.75) is 45.7 Å². The zero-order chi connectivity index (χ0) is 22.3. The highest BCUT2D eigenvalue weighted by molar-refractivity contribution is 6.30. The predicted octanol–water partition coefficient (Wildman–Crippen LogP) is 4.73. The number of rotatable bonds is 3. The van der Waals surface area contributed by atoms with Crippen LogP contribution in [-0.4, -0.2) is 30.3 Å². The second-order valence-electron chi connectivity index (χ2n) is 8.59. The van der Waals surface area contributed by atoms with Crippen LogP contribution in [0, 0.1) is 26.6 Å². The lowest BCUT2D eigenvalue weighted by molar-refractivity contribution is 0.0983. The van der Waals surface area contributed by atoms with E-state index >= 15 is 4.39 Å². The first kappa shape index (κ1) is 19.4. The van der Waals surface area contributed by atoms with E-state index in [9.17, 15) is 4.79 Å². The van der Waals surface area contributed by atoms with Gasteiger partial charge in [-0.25, -0.2) is 4.39 Å². The predicted molar refractivity (Wildman–Crippen MR) is 118 cm³/mol. The van der Waals surface area contributed by atoms with Gasteiger partial charge in [0.2, 0.25) is 0 Å². The minimum atomic E-state index is -0.643. The number of aromatic nitrogens is 5. The summed E-state index contributed by atoms with van der Waals surface area (Å²) in [6.07, 6.45) is 3.82. The normalized spacial score (nSPS) is 18.1. The summed E-state index contributed by atoms with van der Waals surface area (Å²) in [4.78, 5) is 15.5. The van der Waals surface area contributed by atoms with E-state index in [0.29, 0.717) is 27.8 Å². The number of nitrogens with zero attached hydrogens (tertiary/aromatic N) is 6. The summed E-state index contributed by atoms with van der Waals surface area (Å²) in [5.74, 6) is 0.0741. The maximum Gasteiger partial charge on any atom is 0.277 e. The van der Waals surface area contributed by atoms with Gasteiger partial charge in [0.25, 0.3) is 5.91 Å². The second kappa shape index (κ2) is 6.62. The molecule has 0 spiro atoms. The van der Waals surface area contributed by atoms with Crippen LogP contribution in [0.25, 0.3) is 5.65 Å². The third kappa shape index (κ3) is 2.65. The molecular weight excluding hydrogens is 431 g/mol. The number of carbonyl (C=O) groups is 1. The second-order valence-corrected chi connectivity index (χ2v) is 9.03. The fourth-order valence-electron chi connectivity index (χ4n) is 4.71. The number of carbonyl (C=O) groups excluding carboxylic acids is 1. The first-order valence-corrected chi connectivity index (χ1v) is 10.9. The van der Waals surface area contributed by atoms with E-state index in [1.54, 1.807) is 17.0 Å². The maximum atomic E-state index is 15.2. The first-order valence-electron chi connectivity index (χ1n) is 10.5. The van der Waals surface area contributed by atoms with Crippen LogP contribution in [0.2, 0.25) is 5.02 Å². The van der Waals surface area contributed by atoms with Gasteiger partial charge in [0.1, 0.15) is 17.3 Å². The Labute approximate surface area is 188 Å². The van der Waals surface area contributed by atoms with Crippen molar-refractivity contribution in [3.8, 4) is 0 Å². The Bertz CT molecular complexity index is 1440. The Morgan fingerprint density at radius 1 is 1.12 bits per heavy atom. The zero-order valence-corrected chi connectivity index (χ0v) is 18.6.